The molecule has 0 aliphatic heterocycles. The Morgan fingerprint density at radius 2 is 2.14 bits per heavy atom. The van der Waals surface area contributed by atoms with E-state index in [-0.39, 0.29) is 27.2 Å². The quantitative estimate of drug-likeness (QED) is 0.635. The molecule has 0 aliphatic carbocycles. The molecule has 0 atom stereocenters. The van der Waals surface area contributed by atoms with Crippen LogP contribution in [0.4, 0.5) is 5.69 Å². The van der Waals surface area contributed by atoms with Crippen LogP contribution in [0.2, 0.25) is 0 Å². The maximum Gasteiger partial charge on any atom is 0.252 e. The van der Waals surface area contributed by atoms with Gasteiger partial charge in [-0.05, 0) is 18.2 Å². The number of benzene rings is 1. The second-order valence-corrected chi connectivity index (χ2v) is 8.11. The highest BCUT2D eigenvalue weighted by atomic mass is 32.2. The summed E-state index contributed by atoms with van der Waals surface area (Å²) in [6.07, 6.45) is 2.90. The van der Waals surface area contributed by atoms with E-state index >= 15 is 0 Å². The minimum atomic E-state index is -4.09. The smallest absolute Gasteiger partial charge is 0.252 e. The van der Waals surface area contributed by atoms with Gasteiger partial charge in [-0.1, -0.05) is 0 Å². The largest absolute Gasteiger partial charge is 0.325 e. The summed E-state index contributed by atoms with van der Waals surface area (Å²) in [6, 6.07) is 7.41. The number of nitriles is 1. The lowest BCUT2D eigenvalue weighted by molar-refractivity contribution is -0.116. The van der Waals surface area contributed by atoms with Crippen molar-refractivity contribution < 1.29 is 13.2 Å². The maximum absolute atomic E-state index is 12.9. The maximum atomic E-state index is 12.9. The number of rotatable bonds is 5. The third kappa shape index (κ3) is 3.64. The van der Waals surface area contributed by atoms with Crippen LogP contribution in [0.1, 0.15) is 5.56 Å². The van der Waals surface area contributed by atoms with Crippen LogP contribution < -0.4 is 10.9 Å². The van der Waals surface area contributed by atoms with E-state index in [1.807, 2.05) is 6.07 Å². The monoisotopic (exact) mass is 400 g/mol. The minimum Gasteiger partial charge on any atom is -0.325 e. The van der Waals surface area contributed by atoms with Crippen LogP contribution in [-0.4, -0.2) is 47.0 Å². The van der Waals surface area contributed by atoms with Crippen LogP contribution in [0.5, 0.6) is 0 Å². The minimum absolute atomic E-state index is 0.150. The topological polar surface area (TPSA) is 141 Å². The molecule has 0 bridgehead atoms. The van der Waals surface area contributed by atoms with Gasteiger partial charge in [0.25, 0.3) is 5.56 Å². The van der Waals surface area contributed by atoms with Crippen molar-refractivity contribution in [2.75, 3.05) is 18.9 Å². The fourth-order valence-electron chi connectivity index (χ4n) is 2.57. The van der Waals surface area contributed by atoms with E-state index < -0.39 is 22.5 Å². The van der Waals surface area contributed by atoms with E-state index in [2.05, 4.69) is 15.5 Å². The van der Waals surface area contributed by atoms with Crippen LogP contribution in [0.15, 0.2) is 46.3 Å². The summed E-state index contributed by atoms with van der Waals surface area (Å²) < 4.78 is 28.1. The average Bonchev–Trinajstić information content (AvgIpc) is 3.12. The van der Waals surface area contributed by atoms with Gasteiger partial charge < -0.3 is 9.88 Å². The number of amides is 1. The van der Waals surface area contributed by atoms with Gasteiger partial charge in [0, 0.05) is 37.4 Å². The highest BCUT2D eigenvalue weighted by Gasteiger charge is 2.26. The molecule has 0 spiro atoms. The number of aryl methyl sites for hydroxylation is 1. The normalized spacial score (nSPS) is 11.5. The number of carbonyl (C=O) groups excluding carboxylic acids is 1. The van der Waals surface area contributed by atoms with E-state index in [1.165, 1.54) is 48.3 Å². The molecule has 0 radical (unpaired) electrons. The zero-order chi connectivity index (χ0) is 20.5. The first-order valence-corrected chi connectivity index (χ1v) is 9.46. The Kier molecular flexibility index (Phi) is 5.00. The van der Waals surface area contributed by atoms with Crippen molar-refractivity contribution in [1.29, 1.82) is 5.26 Å². The van der Waals surface area contributed by atoms with Crippen LogP contribution in [0.25, 0.3) is 10.9 Å². The van der Waals surface area contributed by atoms with Crippen LogP contribution >= 0.6 is 0 Å². The van der Waals surface area contributed by atoms with Crippen molar-refractivity contribution >= 4 is 32.5 Å². The molecule has 10 nitrogen and oxygen atoms in total. The third-order valence-electron chi connectivity index (χ3n) is 4.08. The first-order chi connectivity index (χ1) is 13.2. The molecule has 2 heterocycles. The third-order valence-corrected chi connectivity index (χ3v) is 5.91. The molecule has 2 N–H and O–H groups in total. The van der Waals surface area contributed by atoms with E-state index in [4.69, 9.17) is 5.26 Å². The lowest BCUT2D eigenvalue weighted by Gasteiger charge is -2.17. The Morgan fingerprint density at radius 3 is 2.82 bits per heavy atom. The zero-order valence-electron chi connectivity index (χ0n) is 15.0. The molecule has 3 aromatic rings. The van der Waals surface area contributed by atoms with Gasteiger partial charge in [-0.3, -0.25) is 14.7 Å². The number of aromatic amines is 1. The Hall–Kier alpha value is -3.49. The second-order valence-electron chi connectivity index (χ2n) is 6.09. The fraction of sp³-hybridized carbons (Fsp3) is 0.176. The number of aromatic nitrogens is 3. The highest BCUT2D eigenvalue weighted by Crippen LogP contribution is 2.25. The van der Waals surface area contributed by atoms with Gasteiger partial charge in [-0.25, -0.2) is 8.42 Å². The van der Waals surface area contributed by atoms with Crippen molar-refractivity contribution in [3.8, 4) is 6.07 Å². The van der Waals surface area contributed by atoms with Gasteiger partial charge in [0.05, 0.1) is 29.9 Å². The van der Waals surface area contributed by atoms with Crippen molar-refractivity contribution in [2.45, 2.75) is 4.90 Å². The summed E-state index contributed by atoms with van der Waals surface area (Å²) in [5.74, 6) is -0.614. The molecule has 2 aromatic heterocycles. The molecule has 0 saturated heterocycles. The molecule has 1 amide bonds. The summed E-state index contributed by atoms with van der Waals surface area (Å²) >= 11 is 0. The van der Waals surface area contributed by atoms with Crippen LogP contribution in [0, 0.1) is 11.3 Å². The molecule has 0 fully saturated rings. The van der Waals surface area contributed by atoms with Crippen molar-refractivity contribution in [2.24, 2.45) is 7.05 Å². The number of anilines is 1. The van der Waals surface area contributed by atoms with Crippen LogP contribution in [-0.2, 0) is 21.9 Å². The average molecular weight is 400 g/mol. The number of nitrogens with one attached hydrogen (secondary N) is 2. The number of likely N-dealkylation sites (N-methyl/N-ethyl adjacent to an activating group) is 1. The Bertz CT molecular complexity index is 1270. The number of hydrogen-bond donors (Lipinski definition) is 2. The van der Waals surface area contributed by atoms with Gasteiger partial charge in [-0.15, -0.1) is 0 Å². The predicted molar refractivity (Wildman–Crippen MR) is 101 cm³/mol. The van der Waals surface area contributed by atoms with Crippen LogP contribution in [0.3, 0.4) is 0 Å². The molecule has 0 aliphatic rings. The fourth-order valence-corrected chi connectivity index (χ4v) is 3.90. The Balaban J connectivity index is 1.85. The number of sulfonamides is 1. The van der Waals surface area contributed by atoms with Crippen molar-refractivity contribution in [3.63, 3.8) is 0 Å². The van der Waals surface area contributed by atoms with E-state index in [1.54, 1.807) is 7.05 Å². The molecular weight excluding hydrogens is 384 g/mol. The van der Waals surface area contributed by atoms with E-state index in [0.29, 0.717) is 5.39 Å². The Labute approximate surface area is 160 Å². The number of H-pyrrole nitrogens is 1. The predicted octanol–water partition coefficient (Wildman–Crippen LogP) is 0.392. The molecule has 28 heavy (non-hydrogen) atoms. The molecule has 144 valence electrons. The lowest BCUT2D eigenvalue weighted by Crippen LogP contribution is -2.35. The number of fused-ring (bicyclic) bond motifs is 1. The zero-order valence-corrected chi connectivity index (χ0v) is 15.8. The summed E-state index contributed by atoms with van der Waals surface area (Å²) in [5.41, 5.74) is 0.360. The number of carbonyl (C=O) groups is 1. The van der Waals surface area contributed by atoms with Gasteiger partial charge in [-0.2, -0.15) is 14.7 Å². The molecule has 11 heteroatoms. The SMILES string of the molecule is CN(CC(=O)Nc1ccn(C)c(=O)c1)S(=O)(=O)c1cc(C#N)cc2cn[nH]c12. The van der Waals surface area contributed by atoms with Crippen molar-refractivity contribution in [3.05, 3.63) is 52.6 Å². The molecule has 0 saturated carbocycles. The van der Waals surface area contributed by atoms with E-state index in [9.17, 15) is 18.0 Å². The number of hydrogen-bond acceptors (Lipinski definition) is 6. The summed E-state index contributed by atoms with van der Waals surface area (Å²) in [6.45, 7) is -0.482. The summed E-state index contributed by atoms with van der Waals surface area (Å²) in [7, 11) is -1.27. The Morgan fingerprint density at radius 1 is 1.39 bits per heavy atom. The highest BCUT2D eigenvalue weighted by molar-refractivity contribution is 7.89. The summed E-state index contributed by atoms with van der Waals surface area (Å²) in [4.78, 5) is 23.7. The number of pyridine rings is 1. The van der Waals surface area contributed by atoms with Gasteiger partial charge in [0.1, 0.15) is 4.90 Å². The van der Waals surface area contributed by atoms with Gasteiger partial charge in [0.15, 0.2) is 0 Å². The van der Waals surface area contributed by atoms with Crippen molar-refractivity contribution in [1.82, 2.24) is 19.1 Å². The van der Waals surface area contributed by atoms with E-state index in [0.717, 1.165) is 4.31 Å². The second kappa shape index (κ2) is 7.26. The lowest BCUT2D eigenvalue weighted by atomic mass is 10.2. The molecule has 3 rings (SSSR count). The number of nitrogens with zero attached hydrogens (tertiary/aromatic N) is 4. The molecular formula is C17H16N6O4S. The van der Waals surface area contributed by atoms with Gasteiger partial charge in [0.2, 0.25) is 15.9 Å². The molecule has 0 unspecified atom stereocenters. The first kappa shape index (κ1) is 19.3. The first-order valence-electron chi connectivity index (χ1n) is 8.02. The molecule has 1 aromatic carbocycles. The standard InChI is InChI=1S/C17H16N6O4S/c1-22-4-3-13(7-16(22)25)20-15(24)10-23(2)28(26,27)14-6-11(8-18)5-12-9-19-21-17(12)14/h3-7,9H,10H2,1-2H3,(H,19,21)(H,20,24). The summed E-state index contributed by atoms with van der Waals surface area (Å²) in [5, 5.41) is 18.5. The van der Waals surface area contributed by atoms with Gasteiger partial charge >= 0.3 is 0 Å².